The maximum Gasteiger partial charge on any atom is 0.317 e. The number of esters is 1. The number of aromatic hydroxyl groups is 1. The van der Waals surface area contributed by atoms with E-state index in [9.17, 15) is 39.9 Å². The Kier molecular flexibility index (Phi) is 7.66. The molecule has 1 aromatic heterocycles. The average molecular weight is 532 g/mol. The summed E-state index contributed by atoms with van der Waals surface area (Å²) < 4.78 is 21.4. The van der Waals surface area contributed by atoms with Crippen LogP contribution < -0.4 is 10.2 Å². The summed E-state index contributed by atoms with van der Waals surface area (Å²) in [6.45, 7) is -1.83. The van der Waals surface area contributed by atoms with Crippen molar-refractivity contribution in [2.24, 2.45) is 0 Å². The summed E-state index contributed by atoms with van der Waals surface area (Å²) in [7, 11) is 0. The second-order valence-electron chi connectivity index (χ2n) is 8.64. The van der Waals surface area contributed by atoms with Crippen LogP contribution in [-0.2, 0) is 19.1 Å². The third-order valence-electron chi connectivity index (χ3n) is 6.08. The molecule has 4 rings (SSSR count). The zero-order valence-corrected chi connectivity index (χ0v) is 19.6. The van der Waals surface area contributed by atoms with E-state index < -0.39 is 61.8 Å². The van der Waals surface area contributed by atoms with Crippen molar-refractivity contribution in [3.05, 3.63) is 59.0 Å². The smallest absolute Gasteiger partial charge is 0.317 e. The standard InChI is InChI=1S/C25H24O13/c26-11-25(34)22(32)18(10-36-20(30)8-19(28)29)38-24(23(25)33)37-14-5-6-15-17(7-14)35-9-16(21(15)31)12-1-3-13(27)4-2-12/h1-7,9,18,22-24,26-27,32-34H,8,10-11H2,(H,28,29)/t18-,22-,23+,24+,25+/m0/s1. The van der Waals surface area contributed by atoms with E-state index in [4.69, 9.17) is 23.7 Å². The Labute approximate surface area is 213 Å². The maximum absolute atomic E-state index is 13.0. The molecule has 0 radical (unpaired) electrons. The molecule has 5 atom stereocenters. The van der Waals surface area contributed by atoms with Crippen LogP contribution in [0.25, 0.3) is 22.1 Å². The van der Waals surface area contributed by atoms with Gasteiger partial charge in [-0.3, -0.25) is 14.4 Å². The maximum atomic E-state index is 13.0. The molecule has 2 heterocycles. The molecule has 1 aliphatic heterocycles. The lowest BCUT2D eigenvalue weighted by Crippen LogP contribution is -2.69. The molecule has 0 saturated carbocycles. The van der Waals surface area contributed by atoms with Gasteiger partial charge in [0.15, 0.2) is 5.43 Å². The van der Waals surface area contributed by atoms with Gasteiger partial charge in [-0.15, -0.1) is 0 Å². The molecule has 0 spiro atoms. The van der Waals surface area contributed by atoms with Gasteiger partial charge in [-0.05, 0) is 29.8 Å². The van der Waals surface area contributed by atoms with Crippen LogP contribution in [0.1, 0.15) is 6.42 Å². The number of phenols is 1. The van der Waals surface area contributed by atoms with Gasteiger partial charge in [-0.2, -0.15) is 0 Å². The molecule has 202 valence electrons. The molecule has 0 bridgehead atoms. The Morgan fingerprint density at radius 2 is 1.76 bits per heavy atom. The summed E-state index contributed by atoms with van der Waals surface area (Å²) in [6.07, 6.45) is -6.84. The van der Waals surface area contributed by atoms with Crippen molar-refractivity contribution < 1.29 is 58.9 Å². The Morgan fingerprint density at radius 3 is 2.42 bits per heavy atom. The highest BCUT2D eigenvalue weighted by Crippen LogP contribution is 2.32. The molecule has 3 aromatic rings. The van der Waals surface area contributed by atoms with Crippen LogP contribution in [0.15, 0.2) is 57.9 Å². The topological polar surface area (TPSA) is 213 Å². The van der Waals surface area contributed by atoms with E-state index in [0.717, 1.165) is 0 Å². The number of fused-ring (bicyclic) bond motifs is 1. The van der Waals surface area contributed by atoms with Crippen LogP contribution in [0, 0.1) is 0 Å². The quantitative estimate of drug-likeness (QED) is 0.163. The lowest BCUT2D eigenvalue weighted by Gasteiger charge is -2.46. The first kappa shape index (κ1) is 27.0. The van der Waals surface area contributed by atoms with Crippen molar-refractivity contribution in [2.45, 2.75) is 36.6 Å². The fourth-order valence-electron chi connectivity index (χ4n) is 3.97. The van der Waals surface area contributed by atoms with E-state index in [1.807, 2.05) is 0 Å². The highest BCUT2D eigenvalue weighted by atomic mass is 16.7. The van der Waals surface area contributed by atoms with Gasteiger partial charge in [0.05, 0.1) is 17.6 Å². The largest absolute Gasteiger partial charge is 0.508 e. The first-order chi connectivity index (χ1) is 18.0. The molecule has 1 aliphatic rings. The third kappa shape index (κ3) is 5.32. The Hall–Kier alpha value is -4.01. The van der Waals surface area contributed by atoms with Crippen LogP contribution in [0.2, 0.25) is 0 Å². The molecule has 6 N–H and O–H groups in total. The molecule has 0 aliphatic carbocycles. The number of rotatable bonds is 8. The van der Waals surface area contributed by atoms with E-state index in [-0.39, 0.29) is 33.5 Å². The van der Waals surface area contributed by atoms with Crippen molar-refractivity contribution >= 4 is 22.9 Å². The molecule has 13 heteroatoms. The summed E-state index contributed by atoms with van der Waals surface area (Å²) in [4.78, 5) is 35.2. The number of benzene rings is 2. The summed E-state index contributed by atoms with van der Waals surface area (Å²) in [5.41, 5.74) is -2.03. The number of aliphatic carboxylic acids is 1. The van der Waals surface area contributed by atoms with Crippen LogP contribution in [-0.4, -0.2) is 86.0 Å². The Bertz CT molecular complexity index is 1380. The fourth-order valence-corrected chi connectivity index (χ4v) is 3.97. The zero-order valence-electron chi connectivity index (χ0n) is 19.6. The number of carbonyl (C=O) groups excluding carboxylic acids is 1. The zero-order chi connectivity index (χ0) is 27.6. The molecular weight excluding hydrogens is 508 g/mol. The van der Waals surface area contributed by atoms with Crippen LogP contribution in [0.3, 0.4) is 0 Å². The first-order valence-corrected chi connectivity index (χ1v) is 11.3. The van der Waals surface area contributed by atoms with E-state index >= 15 is 0 Å². The normalized spacial score (nSPS) is 25.2. The molecule has 13 nitrogen and oxygen atoms in total. The van der Waals surface area contributed by atoms with E-state index in [1.54, 1.807) is 12.1 Å². The summed E-state index contributed by atoms with van der Waals surface area (Å²) >= 11 is 0. The summed E-state index contributed by atoms with van der Waals surface area (Å²) in [5, 5.41) is 59.7. The van der Waals surface area contributed by atoms with Crippen molar-refractivity contribution in [3.63, 3.8) is 0 Å². The van der Waals surface area contributed by atoms with E-state index in [0.29, 0.717) is 5.56 Å². The number of hydrogen-bond donors (Lipinski definition) is 6. The number of ether oxygens (including phenoxy) is 3. The summed E-state index contributed by atoms with van der Waals surface area (Å²) in [6, 6.07) is 10.0. The van der Waals surface area contributed by atoms with Crippen LogP contribution >= 0.6 is 0 Å². The molecule has 0 unspecified atom stereocenters. The van der Waals surface area contributed by atoms with Gasteiger partial charge in [-0.25, -0.2) is 0 Å². The van der Waals surface area contributed by atoms with Crippen LogP contribution in [0.4, 0.5) is 0 Å². The third-order valence-corrected chi connectivity index (χ3v) is 6.08. The molecule has 0 amide bonds. The highest BCUT2D eigenvalue weighted by molar-refractivity contribution is 5.90. The van der Waals surface area contributed by atoms with Gasteiger partial charge in [0, 0.05) is 6.07 Å². The second-order valence-corrected chi connectivity index (χ2v) is 8.64. The van der Waals surface area contributed by atoms with Crippen molar-refractivity contribution in [3.8, 4) is 22.6 Å². The Morgan fingerprint density at radius 1 is 1.05 bits per heavy atom. The number of hydrogen-bond acceptors (Lipinski definition) is 12. The van der Waals surface area contributed by atoms with Gasteiger partial charge in [-0.1, -0.05) is 12.1 Å². The van der Waals surface area contributed by atoms with E-state index in [2.05, 4.69) is 0 Å². The SMILES string of the molecule is O=C(O)CC(=O)OC[C@@H]1O[C@@H](Oc2ccc3c(=O)c(-c4ccc(O)cc4)coc3c2)[C@@H](O)[C@@](O)(CO)[C@H]1O. The number of aliphatic hydroxyl groups excluding tert-OH is 3. The van der Waals surface area contributed by atoms with E-state index in [1.165, 1.54) is 36.6 Å². The second kappa shape index (κ2) is 10.8. The fraction of sp³-hybridized carbons (Fsp3) is 0.320. The lowest BCUT2D eigenvalue weighted by atomic mass is 9.85. The molecule has 1 fully saturated rings. The number of carboxylic acid groups (broad SMARTS) is 1. The van der Waals surface area contributed by atoms with Gasteiger partial charge >= 0.3 is 11.9 Å². The number of aliphatic hydroxyl groups is 4. The average Bonchev–Trinajstić information content (AvgIpc) is 2.89. The minimum absolute atomic E-state index is 0.0142. The lowest BCUT2D eigenvalue weighted by molar-refractivity contribution is -0.320. The van der Waals surface area contributed by atoms with Gasteiger partial charge in [0.1, 0.15) is 60.3 Å². The molecule has 2 aromatic carbocycles. The number of phenolic OH excluding ortho intramolecular Hbond substituents is 1. The number of carbonyl (C=O) groups is 2. The Balaban J connectivity index is 1.56. The summed E-state index contributed by atoms with van der Waals surface area (Å²) in [5.74, 6) is -2.53. The molecule has 1 saturated heterocycles. The van der Waals surface area contributed by atoms with Gasteiger partial charge in [0.25, 0.3) is 0 Å². The first-order valence-electron chi connectivity index (χ1n) is 11.3. The van der Waals surface area contributed by atoms with Gasteiger partial charge in [0.2, 0.25) is 6.29 Å². The predicted molar refractivity (Wildman–Crippen MR) is 126 cm³/mol. The monoisotopic (exact) mass is 532 g/mol. The molecule has 38 heavy (non-hydrogen) atoms. The highest BCUT2D eigenvalue weighted by Gasteiger charge is 2.56. The molecular formula is C25H24O13. The number of carboxylic acids is 1. The minimum Gasteiger partial charge on any atom is -0.508 e. The van der Waals surface area contributed by atoms with Gasteiger partial charge < -0.3 is 49.3 Å². The van der Waals surface area contributed by atoms with Crippen LogP contribution in [0.5, 0.6) is 11.5 Å². The van der Waals surface area contributed by atoms with Crippen molar-refractivity contribution in [2.75, 3.05) is 13.2 Å². The van der Waals surface area contributed by atoms with Crippen molar-refractivity contribution in [1.29, 1.82) is 0 Å². The van der Waals surface area contributed by atoms with Crippen molar-refractivity contribution in [1.82, 2.24) is 0 Å². The minimum atomic E-state index is -2.55. The predicted octanol–water partition coefficient (Wildman–Crippen LogP) is -0.268.